The number of anilines is 1. The molecule has 3 aliphatic rings. The van der Waals surface area contributed by atoms with Gasteiger partial charge in [0.05, 0.1) is 14.2 Å². The highest BCUT2D eigenvalue weighted by Gasteiger charge is 2.29. The van der Waals surface area contributed by atoms with Gasteiger partial charge >= 0.3 is 0 Å². The zero-order chi connectivity index (χ0) is 29.4. The van der Waals surface area contributed by atoms with Crippen LogP contribution in [0.3, 0.4) is 0 Å². The van der Waals surface area contributed by atoms with Crippen LogP contribution in [-0.2, 0) is 19.4 Å². The molecule has 2 aliphatic carbocycles. The van der Waals surface area contributed by atoms with Gasteiger partial charge in [-0.05, 0) is 122 Å². The van der Waals surface area contributed by atoms with Crippen molar-refractivity contribution in [3.8, 4) is 17.2 Å². The number of rotatable bonds is 12. The van der Waals surface area contributed by atoms with Gasteiger partial charge in [-0.1, -0.05) is 43.5 Å². The van der Waals surface area contributed by atoms with E-state index in [1.165, 1.54) is 86.0 Å². The Kier molecular flexibility index (Phi) is 10.1. The van der Waals surface area contributed by atoms with Gasteiger partial charge in [0.2, 0.25) is 0 Å². The summed E-state index contributed by atoms with van der Waals surface area (Å²) in [5.41, 5.74) is 7.00. The van der Waals surface area contributed by atoms with Gasteiger partial charge in [-0.25, -0.2) is 0 Å². The van der Waals surface area contributed by atoms with E-state index >= 15 is 0 Å². The molecule has 0 radical (unpaired) electrons. The van der Waals surface area contributed by atoms with E-state index in [1.54, 1.807) is 14.2 Å². The first kappa shape index (κ1) is 29.9. The molecule has 3 aromatic carbocycles. The normalized spacial score (nSPS) is 19.2. The summed E-state index contributed by atoms with van der Waals surface area (Å²) < 4.78 is 17.4. The first-order chi connectivity index (χ1) is 21.2. The maximum Gasteiger partial charge on any atom is 0.120 e. The lowest BCUT2D eigenvalue weighted by Crippen LogP contribution is -2.31. The third-order valence-electron chi connectivity index (χ3n) is 9.76. The molecule has 2 fully saturated rings. The molecule has 1 saturated carbocycles. The van der Waals surface area contributed by atoms with Crippen LogP contribution >= 0.6 is 0 Å². The van der Waals surface area contributed by atoms with Gasteiger partial charge in [0.1, 0.15) is 23.9 Å². The van der Waals surface area contributed by atoms with Crippen molar-refractivity contribution in [3.63, 3.8) is 0 Å². The highest BCUT2D eigenvalue weighted by atomic mass is 16.5. The molecule has 1 aliphatic heterocycles. The number of methoxy groups -OCH3 is 2. The van der Waals surface area contributed by atoms with Crippen LogP contribution in [-0.4, -0.2) is 51.9 Å². The van der Waals surface area contributed by atoms with Gasteiger partial charge in [-0.3, -0.25) is 4.90 Å². The Labute approximate surface area is 259 Å². The molecule has 3 aromatic rings. The summed E-state index contributed by atoms with van der Waals surface area (Å²) in [4.78, 5) is 5.20. The van der Waals surface area contributed by atoms with Gasteiger partial charge in [-0.2, -0.15) is 0 Å². The van der Waals surface area contributed by atoms with E-state index in [-0.39, 0.29) is 0 Å². The topological polar surface area (TPSA) is 34.2 Å². The molecule has 0 bridgehead atoms. The molecule has 1 saturated heterocycles. The highest BCUT2D eigenvalue weighted by Crippen LogP contribution is 2.42. The molecule has 0 amide bonds. The lowest BCUT2D eigenvalue weighted by atomic mass is 9.79. The van der Waals surface area contributed by atoms with Crippen LogP contribution in [0.25, 0.3) is 0 Å². The van der Waals surface area contributed by atoms with Crippen molar-refractivity contribution in [1.82, 2.24) is 4.90 Å². The Balaban J connectivity index is 1.15. The monoisotopic (exact) mass is 582 g/mol. The standard InChI is InChI=1S/C38H50N2O3/c1-41-35-17-14-31-24-33(13-12-32(31)25-35)37-19-18-36(42-2)26-38(37)40(27-29-8-9-29)28-30-10-15-34(16-11-30)43-23-22-39-20-6-4-3-5-7-21-39/h10-11,14-19,25-26,29,33H,3-9,12-13,20-24,27-28H2,1-2H3. The molecule has 0 N–H and O–H groups in total. The molecule has 230 valence electrons. The quantitative estimate of drug-likeness (QED) is 0.216. The van der Waals surface area contributed by atoms with Crippen molar-refractivity contribution in [2.45, 2.75) is 76.7 Å². The number of ether oxygens (including phenoxy) is 3. The zero-order valence-corrected chi connectivity index (χ0v) is 26.4. The van der Waals surface area contributed by atoms with Crippen LogP contribution in [0.15, 0.2) is 60.7 Å². The Bertz CT molecular complexity index is 1310. The van der Waals surface area contributed by atoms with Crippen molar-refractivity contribution in [1.29, 1.82) is 0 Å². The minimum atomic E-state index is 0.493. The summed E-state index contributed by atoms with van der Waals surface area (Å²) >= 11 is 0. The van der Waals surface area contributed by atoms with Gasteiger partial charge in [0, 0.05) is 31.4 Å². The molecule has 1 atom stereocenters. The van der Waals surface area contributed by atoms with Gasteiger partial charge in [0.15, 0.2) is 0 Å². The maximum atomic E-state index is 6.19. The Hall–Kier alpha value is -3.18. The molecule has 0 spiro atoms. The minimum absolute atomic E-state index is 0.493. The predicted molar refractivity (Wildman–Crippen MR) is 176 cm³/mol. The predicted octanol–water partition coefficient (Wildman–Crippen LogP) is 8.04. The van der Waals surface area contributed by atoms with Crippen LogP contribution < -0.4 is 19.1 Å². The van der Waals surface area contributed by atoms with E-state index in [0.29, 0.717) is 5.92 Å². The SMILES string of the molecule is COc1ccc2c(c1)CCC(c1ccc(OC)cc1N(Cc1ccc(OCCN3CCCCCCC3)cc1)CC1CC1)C2. The molecule has 6 rings (SSSR count). The maximum absolute atomic E-state index is 6.19. The Morgan fingerprint density at radius 2 is 1.44 bits per heavy atom. The van der Waals surface area contributed by atoms with Crippen molar-refractivity contribution in [2.75, 3.05) is 51.9 Å². The minimum Gasteiger partial charge on any atom is -0.497 e. The van der Waals surface area contributed by atoms with E-state index in [1.807, 2.05) is 0 Å². The van der Waals surface area contributed by atoms with E-state index in [0.717, 1.165) is 68.7 Å². The molecule has 1 unspecified atom stereocenters. The Morgan fingerprint density at radius 1 is 0.744 bits per heavy atom. The lowest BCUT2D eigenvalue weighted by Gasteiger charge is -2.32. The number of benzene rings is 3. The fraction of sp³-hybridized carbons (Fsp3) is 0.526. The first-order valence-corrected chi connectivity index (χ1v) is 16.7. The molecule has 5 heteroatoms. The second-order valence-electron chi connectivity index (χ2n) is 12.9. The smallest absolute Gasteiger partial charge is 0.120 e. The molecular weight excluding hydrogens is 532 g/mol. The summed E-state index contributed by atoms with van der Waals surface area (Å²) in [5, 5.41) is 0. The van der Waals surface area contributed by atoms with Crippen molar-refractivity contribution < 1.29 is 14.2 Å². The summed E-state index contributed by atoms with van der Waals surface area (Å²) in [6.45, 7) is 6.20. The van der Waals surface area contributed by atoms with E-state index in [2.05, 4.69) is 70.5 Å². The number of nitrogens with zero attached hydrogens (tertiary/aromatic N) is 2. The number of hydrogen-bond acceptors (Lipinski definition) is 5. The summed E-state index contributed by atoms with van der Waals surface area (Å²) in [6.07, 6.45) is 12.8. The summed E-state index contributed by atoms with van der Waals surface area (Å²) in [6, 6.07) is 22.2. The van der Waals surface area contributed by atoms with Gasteiger partial charge in [0.25, 0.3) is 0 Å². The average Bonchev–Trinajstić information content (AvgIpc) is 3.86. The van der Waals surface area contributed by atoms with Crippen LogP contribution in [0.4, 0.5) is 5.69 Å². The largest absolute Gasteiger partial charge is 0.497 e. The van der Waals surface area contributed by atoms with E-state index in [9.17, 15) is 0 Å². The number of fused-ring (bicyclic) bond motifs is 1. The van der Waals surface area contributed by atoms with E-state index < -0.39 is 0 Å². The summed E-state index contributed by atoms with van der Waals surface area (Å²) in [7, 11) is 3.53. The zero-order valence-electron chi connectivity index (χ0n) is 26.4. The van der Waals surface area contributed by atoms with Gasteiger partial charge < -0.3 is 19.1 Å². The molecular formula is C38H50N2O3. The fourth-order valence-corrected chi connectivity index (χ4v) is 6.99. The van der Waals surface area contributed by atoms with Crippen molar-refractivity contribution in [3.05, 3.63) is 82.9 Å². The third-order valence-corrected chi connectivity index (χ3v) is 9.76. The number of aryl methyl sites for hydroxylation is 1. The van der Waals surface area contributed by atoms with Crippen LogP contribution in [0, 0.1) is 5.92 Å². The number of hydrogen-bond donors (Lipinski definition) is 0. The fourth-order valence-electron chi connectivity index (χ4n) is 6.99. The Morgan fingerprint density at radius 3 is 2.19 bits per heavy atom. The average molecular weight is 583 g/mol. The second kappa shape index (κ2) is 14.5. The molecule has 43 heavy (non-hydrogen) atoms. The van der Waals surface area contributed by atoms with Crippen LogP contribution in [0.2, 0.25) is 0 Å². The highest BCUT2D eigenvalue weighted by molar-refractivity contribution is 5.60. The van der Waals surface area contributed by atoms with Crippen LogP contribution in [0.5, 0.6) is 17.2 Å². The second-order valence-corrected chi connectivity index (χ2v) is 12.9. The first-order valence-electron chi connectivity index (χ1n) is 16.7. The number of likely N-dealkylation sites (tertiary alicyclic amines) is 1. The molecule has 1 heterocycles. The third kappa shape index (κ3) is 8.06. The molecule has 5 nitrogen and oxygen atoms in total. The lowest BCUT2D eigenvalue weighted by molar-refractivity contribution is 0.195. The summed E-state index contributed by atoms with van der Waals surface area (Å²) in [5.74, 6) is 4.15. The van der Waals surface area contributed by atoms with E-state index in [4.69, 9.17) is 14.2 Å². The van der Waals surface area contributed by atoms with Crippen LogP contribution in [0.1, 0.15) is 79.5 Å². The van der Waals surface area contributed by atoms with Crippen molar-refractivity contribution in [2.24, 2.45) is 5.92 Å². The van der Waals surface area contributed by atoms with Gasteiger partial charge in [-0.15, -0.1) is 0 Å². The molecule has 0 aromatic heterocycles. The van der Waals surface area contributed by atoms with Crippen molar-refractivity contribution >= 4 is 5.69 Å².